The molecule has 1 aromatic carbocycles. The summed E-state index contributed by atoms with van der Waals surface area (Å²) in [6.07, 6.45) is -5.81. The van der Waals surface area contributed by atoms with Gasteiger partial charge >= 0.3 is 12.1 Å². The largest absolute Gasteiger partial charge is 0.480 e. The van der Waals surface area contributed by atoms with Crippen LogP contribution in [-0.2, 0) is 17.3 Å². The summed E-state index contributed by atoms with van der Waals surface area (Å²) in [5.41, 5.74) is -0.0267. The highest BCUT2D eigenvalue weighted by Crippen LogP contribution is 2.39. The van der Waals surface area contributed by atoms with Gasteiger partial charge in [0.1, 0.15) is 13.0 Å². The molecule has 1 aromatic heterocycles. The highest BCUT2D eigenvalue weighted by molar-refractivity contribution is 5.66. The van der Waals surface area contributed by atoms with Crippen LogP contribution in [0.1, 0.15) is 12.0 Å². The van der Waals surface area contributed by atoms with Crippen molar-refractivity contribution in [2.75, 3.05) is 0 Å². The zero-order valence-electron chi connectivity index (χ0n) is 11.5. The molecular weight excluding hydrogens is 323 g/mol. The van der Waals surface area contributed by atoms with E-state index in [4.69, 9.17) is 5.11 Å². The molecule has 124 valence electrons. The van der Waals surface area contributed by atoms with E-state index >= 15 is 0 Å². The molecule has 0 spiro atoms. The molecule has 0 bridgehead atoms. The van der Waals surface area contributed by atoms with E-state index in [0.29, 0.717) is 11.3 Å². The number of rotatable bonds is 5. The van der Waals surface area contributed by atoms with Crippen LogP contribution < -0.4 is 0 Å². The summed E-state index contributed by atoms with van der Waals surface area (Å²) in [5.74, 6) is -5.11. The normalized spacial score (nSPS) is 12.4. The van der Waals surface area contributed by atoms with Gasteiger partial charge < -0.3 is 5.11 Å². The second kappa shape index (κ2) is 5.98. The van der Waals surface area contributed by atoms with Gasteiger partial charge in [0.2, 0.25) is 0 Å². The van der Waals surface area contributed by atoms with Crippen LogP contribution in [0.5, 0.6) is 0 Å². The van der Waals surface area contributed by atoms with E-state index < -0.39 is 30.1 Å². The standard InChI is InChI=1S/C14H11F5N2O2/c15-13(16,8-14(17,18)19)10-3-1-9(2-4-10)11-5-6-21(20-11)7-12(22)23/h1-6H,7-8H2,(H,22,23). The molecule has 2 rings (SSSR count). The smallest absolute Gasteiger partial charge is 0.395 e. The van der Waals surface area contributed by atoms with Crippen LogP contribution in [0.15, 0.2) is 36.5 Å². The van der Waals surface area contributed by atoms with Gasteiger partial charge in [0.15, 0.2) is 0 Å². The highest BCUT2D eigenvalue weighted by Gasteiger charge is 2.44. The molecule has 0 aliphatic heterocycles. The molecule has 0 aliphatic rings. The lowest BCUT2D eigenvalue weighted by molar-refractivity contribution is -0.191. The van der Waals surface area contributed by atoms with Crippen LogP contribution in [0.3, 0.4) is 0 Å². The maximum Gasteiger partial charge on any atom is 0.395 e. The predicted molar refractivity (Wildman–Crippen MR) is 69.9 cm³/mol. The van der Waals surface area contributed by atoms with Crippen molar-refractivity contribution in [3.05, 3.63) is 42.1 Å². The van der Waals surface area contributed by atoms with Crippen molar-refractivity contribution in [3.8, 4) is 11.3 Å². The van der Waals surface area contributed by atoms with Gasteiger partial charge in [-0.2, -0.15) is 18.3 Å². The molecule has 0 saturated heterocycles. The summed E-state index contributed by atoms with van der Waals surface area (Å²) in [5, 5.41) is 12.6. The van der Waals surface area contributed by atoms with E-state index in [9.17, 15) is 26.7 Å². The lowest BCUT2D eigenvalue weighted by Gasteiger charge is -2.18. The average molecular weight is 334 g/mol. The first kappa shape index (κ1) is 16.9. The number of carbonyl (C=O) groups is 1. The summed E-state index contributed by atoms with van der Waals surface area (Å²) >= 11 is 0. The molecule has 0 amide bonds. The van der Waals surface area contributed by atoms with Crippen molar-refractivity contribution >= 4 is 5.97 Å². The minimum absolute atomic E-state index is 0.330. The van der Waals surface area contributed by atoms with Crippen molar-refractivity contribution in [1.29, 1.82) is 0 Å². The summed E-state index contributed by atoms with van der Waals surface area (Å²) in [7, 11) is 0. The minimum atomic E-state index is -4.97. The van der Waals surface area contributed by atoms with Crippen molar-refractivity contribution in [2.24, 2.45) is 0 Å². The second-order valence-electron chi connectivity index (χ2n) is 4.87. The molecule has 23 heavy (non-hydrogen) atoms. The Bertz CT molecular complexity index is 692. The fourth-order valence-electron chi connectivity index (χ4n) is 1.98. The maximum atomic E-state index is 13.5. The summed E-state index contributed by atoms with van der Waals surface area (Å²) in [6, 6.07) is 5.71. The van der Waals surface area contributed by atoms with Gasteiger partial charge in [-0.1, -0.05) is 24.3 Å². The Kier molecular flexibility index (Phi) is 4.39. The fraction of sp³-hybridized carbons (Fsp3) is 0.286. The van der Waals surface area contributed by atoms with Crippen LogP contribution in [-0.4, -0.2) is 27.0 Å². The Morgan fingerprint density at radius 2 is 1.70 bits per heavy atom. The van der Waals surface area contributed by atoms with Crippen LogP contribution in [0, 0.1) is 0 Å². The first-order chi connectivity index (χ1) is 10.6. The molecule has 0 radical (unpaired) electrons. The predicted octanol–water partition coefficient (Wildman–Crippen LogP) is 3.68. The van der Waals surface area contributed by atoms with Crippen molar-refractivity contribution in [1.82, 2.24) is 9.78 Å². The van der Waals surface area contributed by atoms with E-state index in [1.807, 2.05) is 0 Å². The van der Waals surface area contributed by atoms with Gasteiger partial charge in [-0.25, -0.2) is 8.78 Å². The SMILES string of the molecule is O=C(O)Cn1ccc(-c2ccc(C(F)(F)CC(F)(F)F)cc2)n1. The first-order valence-electron chi connectivity index (χ1n) is 6.37. The number of alkyl halides is 5. The summed E-state index contributed by atoms with van der Waals surface area (Å²) in [6.45, 7) is -0.359. The molecule has 2 aromatic rings. The van der Waals surface area contributed by atoms with E-state index in [2.05, 4.69) is 5.10 Å². The zero-order chi connectivity index (χ0) is 17.3. The Morgan fingerprint density at radius 3 is 2.22 bits per heavy atom. The lowest BCUT2D eigenvalue weighted by atomic mass is 10.0. The monoisotopic (exact) mass is 334 g/mol. The molecule has 0 fully saturated rings. The van der Waals surface area contributed by atoms with Gasteiger partial charge in [0, 0.05) is 17.3 Å². The van der Waals surface area contributed by atoms with Gasteiger partial charge in [-0.3, -0.25) is 9.48 Å². The van der Waals surface area contributed by atoms with Crippen molar-refractivity contribution in [2.45, 2.75) is 25.1 Å². The van der Waals surface area contributed by atoms with E-state index in [0.717, 1.165) is 16.8 Å². The number of carboxylic acid groups (broad SMARTS) is 1. The topological polar surface area (TPSA) is 55.1 Å². The van der Waals surface area contributed by atoms with Crippen LogP contribution in [0.25, 0.3) is 11.3 Å². The Hall–Kier alpha value is -2.45. The average Bonchev–Trinajstić information content (AvgIpc) is 2.84. The van der Waals surface area contributed by atoms with Gasteiger partial charge in [-0.15, -0.1) is 0 Å². The molecule has 4 nitrogen and oxygen atoms in total. The Morgan fingerprint density at radius 1 is 1.09 bits per heavy atom. The first-order valence-corrected chi connectivity index (χ1v) is 6.37. The number of halogens is 5. The molecular formula is C14H11F5N2O2. The quantitative estimate of drug-likeness (QED) is 0.849. The van der Waals surface area contributed by atoms with Gasteiger partial charge in [-0.05, 0) is 6.07 Å². The van der Waals surface area contributed by atoms with Crippen LogP contribution >= 0.6 is 0 Å². The van der Waals surface area contributed by atoms with Crippen molar-refractivity contribution < 1.29 is 31.9 Å². The fourth-order valence-corrected chi connectivity index (χ4v) is 1.98. The number of benzene rings is 1. The highest BCUT2D eigenvalue weighted by atomic mass is 19.4. The zero-order valence-corrected chi connectivity index (χ0v) is 11.5. The minimum Gasteiger partial charge on any atom is -0.480 e. The molecule has 1 N–H and O–H groups in total. The Balaban J connectivity index is 2.19. The number of nitrogens with zero attached hydrogens (tertiary/aromatic N) is 2. The molecule has 0 saturated carbocycles. The number of hydrogen-bond donors (Lipinski definition) is 1. The molecule has 0 unspecified atom stereocenters. The molecule has 1 heterocycles. The third kappa shape index (κ3) is 4.51. The van der Waals surface area contributed by atoms with Crippen molar-refractivity contribution in [3.63, 3.8) is 0 Å². The van der Waals surface area contributed by atoms with E-state index in [-0.39, 0.29) is 6.54 Å². The molecule has 0 atom stereocenters. The van der Waals surface area contributed by atoms with E-state index in [1.54, 1.807) is 0 Å². The molecule has 9 heteroatoms. The maximum absolute atomic E-state index is 13.5. The number of aliphatic carboxylic acids is 1. The summed E-state index contributed by atoms with van der Waals surface area (Å²) in [4.78, 5) is 10.5. The third-order valence-corrected chi connectivity index (χ3v) is 2.96. The molecule has 0 aliphatic carbocycles. The lowest BCUT2D eigenvalue weighted by Crippen LogP contribution is -2.23. The number of aromatic nitrogens is 2. The Labute approximate surface area is 127 Å². The van der Waals surface area contributed by atoms with Gasteiger partial charge in [0.25, 0.3) is 5.92 Å². The third-order valence-electron chi connectivity index (χ3n) is 2.96. The van der Waals surface area contributed by atoms with E-state index in [1.165, 1.54) is 24.4 Å². The summed E-state index contributed by atoms with van der Waals surface area (Å²) < 4.78 is 64.6. The van der Waals surface area contributed by atoms with Gasteiger partial charge in [0.05, 0.1) is 5.69 Å². The second-order valence-corrected chi connectivity index (χ2v) is 4.87. The number of carboxylic acids is 1. The van der Waals surface area contributed by atoms with Crippen LogP contribution in [0.4, 0.5) is 22.0 Å². The number of hydrogen-bond acceptors (Lipinski definition) is 2. The van der Waals surface area contributed by atoms with Crippen LogP contribution in [0.2, 0.25) is 0 Å².